The topological polar surface area (TPSA) is 89.8 Å². The van der Waals surface area contributed by atoms with Crippen LogP contribution < -0.4 is 0 Å². The largest absolute Gasteiger partial charge is 0.469 e. The maximum atomic E-state index is 12.6. The lowest BCUT2D eigenvalue weighted by atomic mass is 9.77. The average molecular weight is 413 g/mol. The van der Waals surface area contributed by atoms with Crippen molar-refractivity contribution in [2.75, 3.05) is 26.8 Å². The van der Waals surface area contributed by atoms with E-state index in [0.717, 1.165) is 25.3 Å². The number of ether oxygens (including phenoxy) is 1. The molecule has 0 unspecified atom stereocenters. The number of hydroxylamine groups is 2. The molecule has 0 radical (unpaired) electrons. The van der Waals surface area contributed by atoms with Gasteiger partial charge in [-0.1, -0.05) is 0 Å². The number of nitrogens with zero attached hydrogens (tertiary/aromatic N) is 5. The molecule has 1 spiro atoms. The van der Waals surface area contributed by atoms with E-state index in [0.29, 0.717) is 25.4 Å². The molecule has 30 heavy (non-hydrogen) atoms. The van der Waals surface area contributed by atoms with Gasteiger partial charge in [0, 0.05) is 50.3 Å². The molecule has 9 heteroatoms. The van der Waals surface area contributed by atoms with Gasteiger partial charge in [0.25, 0.3) is 0 Å². The Morgan fingerprint density at radius 2 is 1.97 bits per heavy atom. The Balaban J connectivity index is 1.49. The van der Waals surface area contributed by atoms with Crippen LogP contribution in [0.3, 0.4) is 0 Å². The quantitative estimate of drug-likeness (QED) is 0.664. The molecule has 2 saturated heterocycles. The lowest BCUT2D eigenvalue weighted by molar-refractivity contribution is -0.221. The summed E-state index contributed by atoms with van der Waals surface area (Å²) in [4.78, 5) is 41.7. The summed E-state index contributed by atoms with van der Waals surface area (Å²) < 4.78 is 6.99. The number of hydrogen-bond donors (Lipinski definition) is 0. The summed E-state index contributed by atoms with van der Waals surface area (Å²) in [5.41, 5.74) is 0.451. The third kappa shape index (κ3) is 3.59. The molecule has 0 aromatic carbocycles. The highest BCUT2D eigenvalue weighted by Gasteiger charge is 2.58. The van der Waals surface area contributed by atoms with Gasteiger partial charge in [-0.15, -0.1) is 0 Å². The molecule has 4 rings (SSSR count). The lowest BCUT2D eigenvalue weighted by Crippen LogP contribution is -2.57. The second-order valence-corrected chi connectivity index (χ2v) is 7.68. The van der Waals surface area contributed by atoms with Crippen LogP contribution in [0, 0.1) is 5.92 Å². The highest BCUT2D eigenvalue weighted by atomic mass is 16.7. The normalized spacial score (nSPS) is 21.3. The lowest BCUT2D eigenvalue weighted by Gasteiger charge is -2.45. The van der Waals surface area contributed by atoms with Crippen LogP contribution in [0.4, 0.5) is 0 Å². The van der Waals surface area contributed by atoms with E-state index in [1.807, 2.05) is 23.8 Å². The van der Waals surface area contributed by atoms with E-state index in [1.54, 1.807) is 18.5 Å². The van der Waals surface area contributed by atoms with Gasteiger partial charge in [-0.25, -0.2) is 15.0 Å². The number of carbonyl (C=O) groups excluding carboxylic acids is 2. The molecule has 2 aliphatic heterocycles. The number of esters is 1. The zero-order valence-electron chi connectivity index (χ0n) is 17.4. The summed E-state index contributed by atoms with van der Waals surface area (Å²) >= 11 is 0. The molecule has 4 heterocycles. The van der Waals surface area contributed by atoms with E-state index in [9.17, 15) is 9.59 Å². The van der Waals surface area contributed by atoms with Gasteiger partial charge in [0.05, 0.1) is 25.2 Å². The number of rotatable bonds is 6. The van der Waals surface area contributed by atoms with Crippen LogP contribution in [0.1, 0.15) is 31.9 Å². The summed E-state index contributed by atoms with van der Waals surface area (Å²) in [5, 5.41) is 1.46. The van der Waals surface area contributed by atoms with Crippen molar-refractivity contribution in [3.63, 3.8) is 0 Å². The van der Waals surface area contributed by atoms with Crippen molar-refractivity contribution in [1.29, 1.82) is 0 Å². The van der Waals surface area contributed by atoms with Crippen LogP contribution in [-0.2, 0) is 25.7 Å². The minimum absolute atomic E-state index is 0.140. The smallest absolute Gasteiger partial charge is 0.311 e. The Morgan fingerprint density at radius 1 is 1.23 bits per heavy atom. The maximum Gasteiger partial charge on any atom is 0.311 e. The van der Waals surface area contributed by atoms with Gasteiger partial charge in [-0.3, -0.25) is 23.9 Å². The molecule has 2 aromatic heterocycles. The Labute approximate surface area is 175 Å². The van der Waals surface area contributed by atoms with Crippen LogP contribution >= 0.6 is 0 Å². The first-order chi connectivity index (χ1) is 14.6. The molecular formula is C21H27N5O4. The molecule has 1 amide bonds. The van der Waals surface area contributed by atoms with Crippen molar-refractivity contribution in [2.24, 2.45) is 5.92 Å². The third-order valence-electron chi connectivity index (χ3n) is 6.11. The first-order valence-electron chi connectivity index (χ1n) is 10.3. The third-order valence-corrected chi connectivity index (χ3v) is 6.11. The standard InChI is InChI=1S/C21H27N5O4/c1-3-30-26-18(27)14-17(19(28)29-2)21(26)7-12-24(13-8-21)15-16-6-4-11-25(16)20-22-9-5-10-23-20/h4-6,9-11,17H,3,7-8,12-15H2,1-2H3/t17-/m1/s1. The van der Waals surface area contributed by atoms with Crippen LogP contribution in [0.2, 0.25) is 0 Å². The van der Waals surface area contributed by atoms with Crippen molar-refractivity contribution in [1.82, 2.24) is 24.5 Å². The highest BCUT2D eigenvalue weighted by molar-refractivity contribution is 5.88. The molecule has 9 nitrogen and oxygen atoms in total. The number of hydrogen-bond acceptors (Lipinski definition) is 7. The molecule has 2 aromatic rings. The van der Waals surface area contributed by atoms with Crippen LogP contribution in [0.5, 0.6) is 0 Å². The summed E-state index contributed by atoms with van der Waals surface area (Å²) in [6, 6.07) is 5.84. The Hall–Kier alpha value is -2.78. The van der Waals surface area contributed by atoms with Crippen LogP contribution in [0.15, 0.2) is 36.8 Å². The first-order valence-corrected chi connectivity index (χ1v) is 10.3. The van der Waals surface area contributed by atoms with Gasteiger partial charge in [0.1, 0.15) is 0 Å². The van der Waals surface area contributed by atoms with E-state index in [-0.39, 0.29) is 18.3 Å². The van der Waals surface area contributed by atoms with Crippen molar-refractivity contribution in [2.45, 2.75) is 38.3 Å². The average Bonchev–Trinajstić information content (AvgIpc) is 3.34. The minimum atomic E-state index is -0.638. The molecule has 0 bridgehead atoms. The van der Waals surface area contributed by atoms with Gasteiger partial charge in [0.2, 0.25) is 11.9 Å². The molecule has 0 saturated carbocycles. The molecule has 160 valence electrons. The molecule has 2 aliphatic rings. The number of likely N-dealkylation sites (tertiary alicyclic amines) is 1. The predicted molar refractivity (Wildman–Crippen MR) is 107 cm³/mol. The van der Waals surface area contributed by atoms with Crippen molar-refractivity contribution < 1.29 is 19.2 Å². The second-order valence-electron chi connectivity index (χ2n) is 7.68. The monoisotopic (exact) mass is 413 g/mol. The minimum Gasteiger partial charge on any atom is -0.469 e. The zero-order chi connectivity index (χ0) is 21.1. The van der Waals surface area contributed by atoms with E-state index >= 15 is 0 Å². The van der Waals surface area contributed by atoms with Gasteiger partial charge < -0.3 is 4.74 Å². The van der Waals surface area contributed by atoms with Gasteiger partial charge in [-0.2, -0.15) is 0 Å². The fraction of sp³-hybridized carbons (Fsp3) is 0.524. The van der Waals surface area contributed by atoms with E-state index in [4.69, 9.17) is 9.57 Å². The van der Waals surface area contributed by atoms with Crippen molar-refractivity contribution >= 4 is 11.9 Å². The summed E-state index contributed by atoms with van der Waals surface area (Å²) in [7, 11) is 1.37. The fourth-order valence-electron chi connectivity index (χ4n) is 4.65. The second kappa shape index (κ2) is 8.53. The molecule has 0 N–H and O–H groups in total. The molecule has 0 aliphatic carbocycles. The Bertz CT molecular complexity index is 892. The van der Waals surface area contributed by atoms with Crippen molar-refractivity contribution in [3.05, 3.63) is 42.5 Å². The van der Waals surface area contributed by atoms with E-state index in [1.165, 1.54) is 12.2 Å². The van der Waals surface area contributed by atoms with E-state index < -0.39 is 11.5 Å². The fourth-order valence-corrected chi connectivity index (χ4v) is 4.65. The molecular weight excluding hydrogens is 386 g/mol. The van der Waals surface area contributed by atoms with Gasteiger partial charge in [-0.05, 0) is 38.0 Å². The highest BCUT2D eigenvalue weighted by Crippen LogP contribution is 2.44. The number of carbonyl (C=O) groups is 2. The van der Waals surface area contributed by atoms with Gasteiger partial charge in [0.15, 0.2) is 0 Å². The number of aromatic nitrogens is 3. The van der Waals surface area contributed by atoms with Crippen LogP contribution in [-0.4, -0.2) is 68.7 Å². The van der Waals surface area contributed by atoms with Crippen molar-refractivity contribution in [3.8, 4) is 5.95 Å². The molecule has 1 atom stereocenters. The predicted octanol–water partition coefficient (Wildman–Crippen LogP) is 1.57. The SMILES string of the molecule is CCON1C(=O)C[C@H](C(=O)OC)C12CCN(Cc1cccn1-c1ncccn1)CC2. The number of methoxy groups -OCH3 is 1. The van der Waals surface area contributed by atoms with Crippen LogP contribution in [0.25, 0.3) is 5.95 Å². The summed E-state index contributed by atoms with van der Waals surface area (Å²) in [6.45, 7) is 4.44. The number of piperidine rings is 1. The maximum absolute atomic E-state index is 12.6. The Kier molecular flexibility index (Phi) is 5.83. The number of amides is 1. The molecule has 2 fully saturated rings. The summed E-state index contributed by atoms with van der Waals surface area (Å²) in [5.74, 6) is -0.337. The van der Waals surface area contributed by atoms with E-state index in [2.05, 4.69) is 20.9 Å². The first kappa shape index (κ1) is 20.5. The Morgan fingerprint density at radius 3 is 2.63 bits per heavy atom. The zero-order valence-corrected chi connectivity index (χ0v) is 17.4. The van der Waals surface area contributed by atoms with Gasteiger partial charge >= 0.3 is 5.97 Å². The summed E-state index contributed by atoms with van der Waals surface area (Å²) in [6.07, 6.45) is 6.85.